The number of hydrogen-bond donors (Lipinski definition) is 0. The van der Waals surface area contributed by atoms with Gasteiger partial charge in [-0.05, 0) is 28.3 Å². The van der Waals surface area contributed by atoms with Crippen LogP contribution in [0.2, 0.25) is 0 Å². The molecule has 1 heterocycles. The molecule has 0 saturated heterocycles. The minimum absolute atomic E-state index is 0.246. The van der Waals surface area contributed by atoms with Crippen molar-refractivity contribution >= 4 is 28.1 Å². The summed E-state index contributed by atoms with van der Waals surface area (Å²) in [5, 5.41) is 3.60. The minimum atomic E-state index is -0.275. The number of methoxy groups -OCH3 is 1. The van der Waals surface area contributed by atoms with Crippen LogP contribution in [0, 0.1) is 5.82 Å². The molecule has 2 nitrogen and oxygen atoms in total. The lowest BCUT2D eigenvalue weighted by Gasteiger charge is -1.97. The Morgan fingerprint density at radius 1 is 1.53 bits per heavy atom. The number of carbonyl (C=O) groups is 1. The second-order valence-electron chi connectivity index (χ2n) is 3.14. The fourth-order valence-electron chi connectivity index (χ4n) is 1.42. The van der Waals surface area contributed by atoms with Crippen LogP contribution in [0.3, 0.4) is 0 Å². The second kappa shape index (κ2) is 3.98. The van der Waals surface area contributed by atoms with Crippen LogP contribution in [0.5, 0.6) is 0 Å². The molecule has 2 rings (SSSR count). The maximum atomic E-state index is 12.9. The number of thiophene rings is 1. The number of carbonyl (C=O) groups excluding carboxylic acids is 1. The van der Waals surface area contributed by atoms with Gasteiger partial charge in [-0.2, -0.15) is 0 Å². The molecule has 0 bridgehead atoms. The quantitative estimate of drug-likeness (QED) is 0.733. The van der Waals surface area contributed by atoms with Gasteiger partial charge in [0.25, 0.3) is 0 Å². The first-order valence-electron chi connectivity index (χ1n) is 4.43. The fourth-order valence-corrected chi connectivity index (χ4v) is 2.40. The van der Waals surface area contributed by atoms with Crippen molar-refractivity contribution in [3.8, 4) is 0 Å². The Hall–Kier alpha value is -1.42. The zero-order valence-electron chi connectivity index (χ0n) is 8.12. The number of benzene rings is 1. The molecule has 2 aromatic rings. The molecule has 1 aromatic carbocycles. The summed E-state index contributed by atoms with van der Waals surface area (Å²) in [6, 6.07) is 4.56. The van der Waals surface area contributed by atoms with E-state index in [0.717, 1.165) is 15.6 Å². The Labute approximate surface area is 90.3 Å². The summed E-state index contributed by atoms with van der Waals surface area (Å²) in [5.74, 6) is -0.534. The topological polar surface area (TPSA) is 26.3 Å². The van der Waals surface area contributed by atoms with Gasteiger partial charge in [0.2, 0.25) is 0 Å². The lowest BCUT2D eigenvalue weighted by Crippen LogP contribution is -2.02. The Morgan fingerprint density at radius 3 is 3.07 bits per heavy atom. The molecule has 0 aliphatic heterocycles. The van der Waals surface area contributed by atoms with E-state index in [0.29, 0.717) is 0 Å². The monoisotopic (exact) mass is 224 g/mol. The molecule has 0 aliphatic rings. The molecule has 1 aromatic heterocycles. The van der Waals surface area contributed by atoms with Crippen LogP contribution in [0.4, 0.5) is 4.39 Å². The van der Waals surface area contributed by atoms with Gasteiger partial charge in [0, 0.05) is 4.88 Å². The van der Waals surface area contributed by atoms with Crippen molar-refractivity contribution in [2.45, 2.75) is 6.42 Å². The Bertz CT molecular complexity index is 504. The molecule has 0 fully saturated rings. The van der Waals surface area contributed by atoms with Crippen molar-refractivity contribution < 1.29 is 13.9 Å². The lowest BCUT2D eigenvalue weighted by molar-refractivity contribution is -0.139. The third-order valence-corrected chi connectivity index (χ3v) is 3.20. The van der Waals surface area contributed by atoms with Gasteiger partial charge in [-0.15, -0.1) is 11.3 Å². The molecule has 0 radical (unpaired) electrons. The number of fused-ring (bicyclic) bond motifs is 1. The SMILES string of the molecule is COC(=O)Cc1scc2cc(F)ccc12. The van der Waals surface area contributed by atoms with E-state index in [1.807, 2.05) is 5.38 Å². The first-order valence-corrected chi connectivity index (χ1v) is 5.31. The van der Waals surface area contributed by atoms with Crippen LogP contribution < -0.4 is 0 Å². The summed E-state index contributed by atoms with van der Waals surface area (Å²) < 4.78 is 17.5. The van der Waals surface area contributed by atoms with Gasteiger partial charge in [-0.25, -0.2) is 4.39 Å². The summed E-state index contributed by atoms with van der Waals surface area (Å²) in [6.07, 6.45) is 0.246. The number of halogens is 1. The van der Waals surface area contributed by atoms with Crippen molar-refractivity contribution in [1.29, 1.82) is 0 Å². The molecular weight excluding hydrogens is 215 g/mol. The average molecular weight is 224 g/mol. The van der Waals surface area contributed by atoms with E-state index in [-0.39, 0.29) is 18.2 Å². The fraction of sp³-hybridized carbons (Fsp3) is 0.182. The second-order valence-corrected chi connectivity index (χ2v) is 4.11. The van der Waals surface area contributed by atoms with Gasteiger partial charge in [-0.3, -0.25) is 4.79 Å². The van der Waals surface area contributed by atoms with E-state index >= 15 is 0 Å². The average Bonchev–Trinajstić information content (AvgIpc) is 2.60. The Balaban J connectivity index is 2.41. The summed E-state index contributed by atoms with van der Waals surface area (Å²) in [4.78, 5) is 12.0. The zero-order valence-corrected chi connectivity index (χ0v) is 8.94. The first kappa shape index (κ1) is 10.1. The summed E-state index contributed by atoms with van der Waals surface area (Å²) in [5.41, 5.74) is 0. The van der Waals surface area contributed by atoms with Crippen molar-refractivity contribution in [1.82, 2.24) is 0 Å². The highest BCUT2D eigenvalue weighted by Gasteiger charge is 2.09. The molecule has 0 atom stereocenters. The zero-order chi connectivity index (χ0) is 10.8. The highest BCUT2D eigenvalue weighted by atomic mass is 32.1. The van der Waals surface area contributed by atoms with E-state index in [1.54, 1.807) is 6.07 Å². The molecule has 0 amide bonds. The number of ether oxygens (including phenoxy) is 1. The van der Waals surface area contributed by atoms with Gasteiger partial charge in [-0.1, -0.05) is 6.07 Å². The van der Waals surface area contributed by atoms with Crippen molar-refractivity contribution in [2.75, 3.05) is 7.11 Å². The third kappa shape index (κ3) is 1.99. The maximum absolute atomic E-state index is 12.9. The maximum Gasteiger partial charge on any atom is 0.310 e. The number of rotatable bonds is 2. The Kier molecular flexibility index (Phi) is 2.68. The van der Waals surface area contributed by atoms with Crippen molar-refractivity contribution in [3.63, 3.8) is 0 Å². The van der Waals surface area contributed by atoms with Gasteiger partial charge in [0.05, 0.1) is 13.5 Å². The van der Waals surface area contributed by atoms with Gasteiger partial charge in [0.15, 0.2) is 0 Å². The van der Waals surface area contributed by atoms with Crippen molar-refractivity contribution in [2.24, 2.45) is 0 Å². The van der Waals surface area contributed by atoms with Crippen LogP contribution in [-0.2, 0) is 16.0 Å². The first-order chi connectivity index (χ1) is 7.20. The summed E-state index contributed by atoms with van der Waals surface area (Å²) >= 11 is 1.45. The van der Waals surface area contributed by atoms with E-state index in [9.17, 15) is 9.18 Å². The molecule has 0 saturated carbocycles. The summed E-state index contributed by atoms with van der Waals surface area (Å²) in [7, 11) is 1.36. The van der Waals surface area contributed by atoms with Crippen molar-refractivity contribution in [3.05, 3.63) is 34.3 Å². The standard InChI is InChI=1S/C11H9FO2S/c1-14-11(13)5-10-9-3-2-8(12)4-7(9)6-15-10/h2-4,6H,5H2,1H3. The third-order valence-electron chi connectivity index (χ3n) is 2.17. The lowest BCUT2D eigenvalue weighted by atomic mass is 10.1. The predicted molar refractivity (Wildman–Crippen MR) is 57.5 cm³/mol. The normalized spacial score (nSPS) is 10.5. The molecule has 0 N–H and O–H groups in total. The minimum Gasteiger partial charge on any atom is -0.469 e. The largest absolute Gasteiger partial charge is 0.469 e. The highest BCUT2D eigenvalue weighted by molar-refractivity contribution is 7.11. The Morgan fingerprint density at radius 2 is 2.33 bits per heavy atom. The molecule has 78 valence electrons. The van der Waals surface area contributed by atoms with Gasteiger partial charge >= 0.3 is 5.97 Å². The van der Waals surface area contributed by atoms with Crippen LogP contribution in [0.1, 0.15) is 4.88 Å². The number of esters is 1. The highest BCUT2D eigenvalue weighted by Crippen LogP contribution is 2.26. The van der Waals surface area contributed by atoms with Crippen LogP contribution in [0.15, 0.2) is 23.6 Å². The van der Waals surface area contributed by atoms with Crippen LogP contribution >= 0.6 is 11.3 Å². The molecule has 0 unspecified atom stereocenters. The molecular formula is C11H9FO2S. The molecule has 15 heavy (non-hydrogen) atoms. The van der Waals surface area contributed by atoms with Crippen LogP contribution in [0.25, 0.3) is 10.8 Å². The van der Waals surface area contributed by atoms with E-state index < -0.39 is 0 Å². The summed E-state index contributed by atoms with van der Waals surface area (Å²) in [6.45, 7) is 0. The smallest absolute Gasteiger partial charge is 0.310 e. The van der Waals surface area contributed by atoms with Crippen LogP contribution in [-0.4, -0.2) is 13.1 Å². The van der Waals surface area contributed by atoms with Gasteiger partial charge < -0.3 is 4.74 Å². The molecule has 4 heteroatoms. The molecule has 0 aliphatic carbocycles. The number of hydrogen-bond acceptors (Lipinski definition) is 3. The van der Waals surface area contributed by atoms with Gasteiger partial charge in [0.1, 0.15) is 5.82 Å². The van der Waals surface area contributed by atoms with E-state index in [2.05, 4.69) is 4.74 Å². The van der Waals surface area contributed by atoms with E-state index in [1.165, 1.54) is 30.6 Å². The molecule has 0 spiro atoms. The predicted octanol–water partition coefficient (Wildman–Crippen LogP) is 2.76. The van der Waals surface area contributed by atoms with E-state index in [4.69, 9.17) is 0 Å².